The van der Waals surface area contributed by atoms with Gasteiger partial charge in [-0.3, -0.25) is 9.20 Å². The summed E-state index contributed by atoms with van der Waals surface area (Å²) in [5, 5.41) is 5.44. The molecule has 0 aliphatic heterocycles. The van der Waals surface area contributed by atoms with Gasteiger partial charge in [-0.25, -0.2) is 14.4 Å². The SMILES string of the molecule is CCOc1ccc2nc(NC(=O)CCc3csc4nc(-c5ccccc5F)cn34)sc2c1. The number of benzene rings is 2. The number of amides is 1. The summed E-state index contributed by atoms with van der Waals surface area (Å²) in [7, 11) is 0. The molecule has 32 heavy (non-hydrogen) atoms. The van der Waals surface area contributed by atoms with Gasteiger partial charge in [0.2, 0.25) is 5.91 Å². The van der Waals surface area contributed by atoms with Crippen molar-refractivity contribution in [1.82, 2.24) is 14.4 Å². The average Bonchev–Trinajstić information content (AvgIpc) is 3.46. The number of thiazole rings is 2. The van der Waals surface area contributed by atoms with Crippen molar-refractivity contribution >= 4 is 48.9 Å². The first-order valence-electron chi connectivity index (χ1n) is 10.1. The Labute approximate surface area is 191 Å². The minimum Gasteiger partial charge on any atom is -0.494 e. The second kappa shape index (κ2) is 8.68. The summed E-state index contributed by atoms with van der Waals surface area (Å²) in [5.74, 6) is 0.379. The Balaban J connectivity index is 1.27. The maximum Gasteiger partial charge on any atom is 0.226 e. The molecule has 2 aromatic carbocycles. The predicted molar refractivity (Wildman–Crippen MR) is 126 cm³/mol. The number of halogens is 1. The second-order valence-electron chi connectivity index (χ2n) is 7.12. The third kappa shape index (κ3) is 4.09. The first-order chi connectivity index (χ1) is 15.6. The molecule has 0 saturated carbocycles. The molecule has 0 aliphatic rings. The van der Waals surface area contributed by atoms with Gasteiger partial charge in [-0.1, -0.05) is 23.5 Å². The van der Waals surface area contributed by atoms with Gasteiger partial charge in [0, 0.05) is 29.3 Å². The molecule has 0 atom stereocenters. The van der Waals surface area contributed by atoms with Crippen molar-refractivity contribution in [2.75, 3.05) is 11.9 Å². The van der Waals surface area contributed by atoms with Crippen LogP contribution < -0.4 is 10.1 Å². The van der Waals surface area contributed by atoms with Gasteiger partial charge in [0.15, 0.2) is 10.1 Å². The zero-order chi connectivity index (χ0) is 22.1. The summed E-state index contributed by atoms with van der Waals surface area (Å²) < 4.78 is 22.5. The van der Waals surface area contributed by atoms with E-state index in [1.165, 1.54) is 28.7 Å². The van der Waals surface area contributed by atoms with E-state index >= 15 is 0 Å². The molecule has 0 spiro atoms. The van der Waals surface area contributed by atoms with Gasteiger partial charge in [0.05, 0.1) is 22.5 Å². The molecule has 0 fully saturated rings. The normalized spacial score (nSPS) is 11.3. The molecule has 0 aliphatic carbocycles. The average molecular weight is 467 g/mol. The summed E-state index contributed by atoms with van der Waals surface area (Å²) in [5.41, 5.74) is 2.84. The maximum atomic E-state index is 14.1. The number of nitrogens with zero attached hydrogens (tertiary/aromatic N) is 3. The number of hydrogen-bond donors (Lipinski definition) is 1. The molecule has 6 nitrogen and oxygen atoms in total. The van der Waals surface area contributed by atoms with Crippen molar-refractivity contribution in [3.63, 3.8) is 0 Å². The molecule has 5 rings (SSSR count). The third-order valence-electron chi connectivity index (χ3n) is 4.96. The summed E-state index contributed by atoms with van der Waals surface area (Å²) in [6.45, 7) is 2.54. The first kappa shape index (κ1) is 20.6. The number of imidazole rings is 1. The lowest BCUT2D eigenvalue weighted by atomic mass is 10.1. The third-order valence-corrected chi connectivity index (χ3v) is 6.78. The number of rotatable bonds is 7. The lowest BCUT2D eigenvalue weighted by molar-refractivity contribution is -0.116. The molecule has 1 amide bonds. The minimum atomic E-state index is -0.302. The highest BCUT2D eigenvalue weighted by atomic mass is 32.1. The highest BCUT2D eigenvalue weighted by Gasteiger charge is 2.14. The molecule has 0 saturated heterocycles. The van der Waals surface area contributed by atoms with E-state index in [2.05, 4.69) is 15.3 Å². The number of carbonyl (C=O) groups is 1. The quantitative estimate of drug-likeness (QED) is 0.330. The van der Waals surface area contributed by atoms with Crippen LogP contribution in [-0.4, -0.2) is 26.9 Å². The topological polar surface area (TPSA) is 68.5 Å². The van der Waals surface area contributed by atoms with Crippen LogP contribution in [0, 0.1) is 5.82 Å². The van der Waals surface area contributed by atoms with Crippen LogP contribution >= 0.6 is 22.7 Å². The van der Waals surface area contributed by atoms with Crippen molar-refractivity contribution in [2.45, 2.75) is 19.8 Å². The molecular weight excluding hydrogens is 447 g/mol. The van der Waals surface area contributed by atoms with Crippen molar-refractivity contribution in [2.24, 2.45) is 0 Å². The van der Waals surface area contributed by atoms with E-state index in [0.717, 1.165) is 26.6 Å². The van der Waals surface area contributed by atoms with Crippen LogP contribution in [0.1, 0.15) is 19.0 Å². The Kier molecular flexibility index (Phi) is 5.59. The molecule has 3 heterocycles. The highest BCUT2D eigenvalue weighted by molar-refractivity contribution is 7.22. The molecule has 0 unspecified atom stereocenters. The van der Waals surface area contributed by atoms with Gasteiger partial charge in [-0.2, -0.15) is 0 Å². The van der Waals surface area contributed by atoms with Crippen molar-refractivity contribution in [3.05, 3.63) is 65.6 Å². The highest BCUT2D eigenvalue weighted by Crippen LogP contribution is 2.30. The molecule has 9 heteroatoms. The second-order valence-corrected chi connectivity index (χ2v) is 8.98. The molecule has 0 bridgehead atoms. The summed E-state index contributed by atoms with van der Waals surface area (Å²) in [4.78, 5) is 22.3. The van der Waals surface area contributed by atoms with Crippen LogP contribution in [0.25, 0.3) is 26.4 Å². The van der Waals surface area contributed by atoms with Gasteiger partial charge >= 0.3 is 0 Å². The number of nitrogens with one attached hydrogen (secondary N) is 1. The number of ether oxygens (including phenoxy) is 1. The van der Waals surface area contributed by atoms with E-state index < -0.39 is 0 Å². The Morgan fingerprint density at radius 3 is 2.94 bits per heavy atom. The van der Waals surface area contributed by atoms with Crippen LogP contribution in [0.2, 0.25) is 0 Å². The van der Waals surface area contributed by atoms with Crippen LogP contribution in [0.4, 0.5) is 9.52 Å². The van der Waals surface area contributed by atoms with Gasteiger partial charge in [0.1, 0.15) is 11.6 Å². The maximum absolute atomic E-state index is 14.1. The van der Waals surface area contributed by atoms with Crippen LogP contribution in [-0.2, 0) is 11.2 Å². The van der Waals surface area contributed by atoms with Crippen LogP contribution in [0.3, 0.4) is 0 Å². The van der Waals surface area contributed by atoms with Crippen LogP contribution in [0.5, 0.6) is 5.75 Å². The van der Waals surface area contributed by atoms with E-state index in [1.54, 1.807) is 18.2 Å². The molecule has 5 aromatic rings. The zero-order valence-electron chi connectivity index (χ0n) is 17.2. The molecule has 0 radical (unpaired) electrons. The van der Waals surface area contributed by atoms with E-state index in [0.29, 0.717) is 35.8 Å². The lowest BCUT2D eigenvalue weighted by Gasteiger charge is -2.01. The molecule has 1 N–H and O–H groups in total. The van der Waals surface area contributed by atoms with Gasteiger partial charge in [-0.15, -0.1) is 11.3 Å². The Hall–Kier alpha value is -3.30. The van der Waals surface area contributed by atoms with Gasteiger partial charge in [0.25, 0.3) is 0 Å². The fraction of sp³-hybridized carbons (Fsp3) is 0.174. The van der Waals surface area contributed by atoms with Crippen LogP contribution in [0.15, 0.2) is 54.0 Å². The summed E-state index contributed by atoms with van der Waals surface area (Å²) >= 11 is 2.90. The van der Waals surface area contributed by atoms with Crippen molar-refractivity contribution < 1.29 is 13.9 Å². The number of hydrogen-bond acceptors (Lipinski definition) is 6. The largest absolute Gasteiger partial charge is 0.494 e. The van der Waals surface area contributed by atoms with E-state index in [4.69, 9.17) is 4.74 Å². The number of aromatic nitrogens is 3. The number of anilines is 1. The Morgan fingerprint density at radius 2 is 2.09 bits per heavy atom. The monoisotopic (exact) mass is 466 g/mol. The van der Waals surface area contributed by atoms with E-state index in [1.807, 2.05) is 41.1 Å². The zero-order valence-corrected chi connectivity index (χ0v) is 18.8. The fourth-order valence-electron chi connectivity index (χ4n) is 3.45. The fourth-order valence-corrected chi connectivity index (χ4v) is 5.26. The van der Waals surface area contributed by atoms with E-state index in [-0.39, 0.29) is 11.7 Å². The summed E-state index contributed by atoms with van der Waals surface area (Å²) in [6, 6.07) is 12.3. The Bertz CT molecular complexity index is 1420. The molecular formula is C23H19FN4O2S2. The van der Waals surface area contributed by atoms with E-state index in [9.17, 15) is 9.18 Å². The minimum absolute atomic E-state index is 0.108. The Morgan fingerprint density at radius 1 is 1.22 bits per heavy atom. The number of carbonyl (C=O) groups excluding carboxylic acids is 1. The van der Waals surface area contributed by atoms with Crippen molar-refractivity contribution in [1.29, 1.82) is 0 Å². The first-order valence-corrected chi connectivity index (χ1v) is 11.8. The molecule has 162 valence electrons. The standard InChI is InChI=1S/C23H19FN4O2S2/c1-2-30-15-8-9-18-20(11-15)32-22(25-18)27-21(29)10-7-14-13-31-23-26-19(12-28(14)23)16-5-3-4-6-17(16)24/h3-6,8-9,11-13H,2,7,10H2,1H3,(H,25,27,29). The molecule has 3 aromatic heterocycles. The van der Waals surface area contributed by atoms with Gasteiger partial charge in [-0.05, 0) is 43.7 Å². The number of fused-ring (bicyclic) bond motifs is 2. The smallest absolute Gasteiger partial charge is 0.226 e. The lowest BCUT2D eigenvalue weighted by Crippen LogP contribution is -2.12. The predicted octanol–water partition coefficient (Wildman–Crippen LogP) is 5.78. The number of aryl methyl sites for hydroxylation is 1. The van der Waals surface area contributed by atoms with Crippen molar-refractivity contribution in [3.8, 4) is 17.0 Å². The summed E-state index contributed by atoms with van der Waals surface area (Å²) in [6.07, 6.45) is 2.67. The van der Waals surface area contributed by atoms with Gasteiger partial charge < -0.3 is 10.1 Å².